The second-order valence-corrected chi connectivity index (χ2v) is 5.41. The Morgan fingerprint density at radius 3 is 2.15 bits per heavy atom. The SMILES string of the molecule is O=C(Nc1ccccc1C(F)(F)F)c1ccc(Nc2ccccc2F)nn1. The summed E-state index contributed by atoms with van der Waals surface area (Å²) in [5.74, 6) is -1.17. The molecule has 3 rings (SSSR count). The van der Waals surface area contributed by atoms with Crippen molar-refractivity contribution in [1.29, 1.82) is 0 Å². The van der Waals surface area contributed by atoms with Crippen LogP contribution >= 0.6 is 0 Å². The lowest BCUT2D eigenvalue weighted by atomic mass is 10.1. The number of carbonyl (C=O) groups excluding carboxylic acids is 1. The molecule has 0 aliphatic carbocycles. The van der Waals surface area contributed by atoms with Gasteiger partial charge in [-0.25, -0.2) is 4.39 Å². The summed E-state index contributed by atoms with van der Waals surface area (Å²) in [6.07, 6.45) is -4.61. The zero-order valence-electron chi connectivity index (χ0n) is 13.6. The number of aromatic nitrogens is 2. The summed E-state index contributed by atoms with van der Waals surface area (Å²) in [6, 6.07) is 13.1. The smallest absolute Gasteiger partial charge is 0.336 e. The maximum absolute atomic E-state index is 13.6. The van der Waals surface area contributed by atoms with Gasteiger partial charge in [0.25, 0.3) is 5.91 Å². The minimum atomic E-state index is -4.61. The molecule has 5 nitrogen and oxygen atoms in total. The number of hydrogen-bond acceptors (Lipinski definition) is 4. The van der Waals surface area contributed by atoms with Gasteiger partial charge >= 0.3 is 6.18 Å². The Kier molecular flexibility index (Phi) is 5.02. The average molecular weight is 376 g/mol. The topological polar surface area (TPSA) is 66.9 Å². The van der Waals surface area contributed by atoms with Crippen LogP contribution in [0, 0.1) is 5.82 Å². The molecule has 0 saturated heterocycles. The average Bonchev–Trinajstić information content (AvgIpc) is 2.64. The van der Waals surface area contributed by atoms with Gasteiger partial charge in [0.05, 0.1) is 16.9 Å². The van der Waals surface area contributed by atoms with E-state index in [4.69, 9.17) is 0 Å². The van der Waals surface area contributed by atoms with Crippen molar-refractivity contribution in [2.75, 3.05) is 10.6 Å². The molecule has 2 aromatic carbocycles. The molecule has 0 saturated carbocycles. The van der Waals surface area contributed by atoms with Crippen molar-refractivity contribution in [3.8, 4) is 0 Å². The molecular formula is C18H12F4N4O. The number of benzene rings is 2. The Bertz CT molecular complexity index is 958. The van der Waals surface area contributed by atoms with E-state index >= 15 is 0 Å². The molecule has 0 unspecified atom stereocenters. The summed E-state index contributed by atoms with van der Waals surface area (Å²) in [5.41, 5.74) is -1.37. The van der Waals surface area contributed by atoms with Crippen LogP contribution in [0.2, 0.25) is 0 Å². The molecular weight excluding hydrogens is 364 g/mol. The van der Waals surface area contributed by atoms with Crippen molar-refractivity contribution < 1.29 is 22.4 Å². The maximum Gasteiger partial charge on any atom is 0.418 e. The van der Waals surface area contributed by atoms with Crippen LogP contribution in [0.4, 0.5) is 34.8 Å². The normalized spacial score (nSPS) is 11.1. The summed E-state index contributed by atoms with van der Waals surface area (Å²) < 4.78 is 52.5. The molecule has 27 heavy (non-hydrogen) atoms. The van der Waals surface area contributed by atoms with Crippen molar-refractivity contribution >= 4 is 23.1 Å². The van der Waals surface area contributed by atoms with Gasteiger partial charge in [-0.05, 0) is 36.4 Å². The standard InChI is InChI=1S/C18H12F4N4O/c19-12-6-2-4-8-14(12)23-16-10-9-15(25-26-16)17(27)24-13-7-3-1-5-11(13)18(20,21)22/h1-10H,(H,23,26)(H,24,27). The van der Waals surface area contributed by atoms with E-state index in [9.17, 15) is 22.4 Å². The van der Waals surface area contributed by atoms with Gasteiger partial charge in [0.2, 0.25) is 0 Å². The number of nitrogens with zero attached hydrogens (tertiary/aromatic N) is 2. The zero-order valence-corrected chi connectivity index (χ0v) is 13.6. The molecule has 0 aliphatic heterocycles. The Hall–Kier alpha value is -3.49. The van der Waals surface area contributed by atoms with Crippen LogP contribution in [0.25, 0.3) is 0 Å². The zero-order chi connectivity index (χ0) is 19.4. The van der Waals surface area contributed by atoms with E-state index in [1.54, 1.807) is 6.07 Å². The number of hydrogen-bond donors (Lipinski definition) is 2. The Labute approximate surface area is 151 Å². The highest BCUT2D eigenvalue weighted by Crippen LogP contribution is 2.34. The van der Waals surface area contributed by atoms with Gasteiger partial charge in [-0.15, -0.1) is 10.2 Å². The molecule has 9 heteroatoms. The summed E-state index contributed by atoms with van der Waals surface area (Å²) in [6.45, 7) is 0. The molecule has 1 amide bonds. The van der Waals surface area contributed by atoms with Crippen molar-refractivity contribution in [2.45, 2.75) is 6.18 Å². The number of anilines is 3. The molecule has 0 aliphatic rings. The number of alkyl halides is 3. The van der Waals surface area contributed by atoms with E-state index in [1.165, 1.54) is 42.5 Å². The van der Waals surface area contributed by atoms with Gasteiger partial charge < -0.3 is 10.6 Å². The van der Waals surface area contributed by atoms with Gasteiger partial charge in [-0.3, -0.25) is 4.79 Å². The van der Waals surface area contributed by atoms with Crippen LogP contribution in [0.1, 0.15) is 16.1 Å². The third kappa shape index (κ3) is 4.38. The predicted octanol–water partition coefficient (Wildman–Crippen LogP) is 4.63. The largest absolute Gasteiger partial charge is 0.418 e. The van der Waals surface area contributed by atoms with Crippen LogP contribution in [-0.2, 0) is 6.18 Å². The van der Waals surface area contributed by atoms with E-state index in [2.05, 4.69) is 20.8 Å². The summed E-state index contributed by atoms with van der Waals surface area (Å²) in [7, 11) is 0. The monoisotopic (exact) mass is 376 g/mol. The van der Waals surface area contributed by atoms with Crippen LogP contribution in [0.3, 0.4) is 0 Å². The predicted molar refractivity (Wildman–Crippen MR) is 91.1 cm³/mol. The van der Waals surface area contributed by atoms with Crippen LogP contribution in [0.15, 0.2) is 60.7 Å². The van der Waals surface area contributed by atoms with Gasteiger partial charge in [0.1, 0.15) is 5.82 Å². The molecule has 138 valence electrons. The molecule has 3 aromatic rings. The molecule has 1 aromatic heterocycles. The maximum atomic E-state index is 13.6. The summed E-state index contributed by atoms with van der Waals surface area (Å²) >= 11 is 0. The number of para-hydroxylation sites is 2. The van der Waals surface area contributed by atoms with E-state index in [0.717, 1.165) is 12.1 Å². The van der Waals surface area contributed by atoms with E-state index < -0.39 is 23.5 Å². The molecule has 0 bridgehead atoms. The second-order valence-electron chi connectivity index (χ2n) is 5.41. The van der Waals surface area contributed by atoms with E-state index in [1.807, 2.05) is 0 Å². The van der Waals surface area contributed by atoms with Gasteiger partial charge in [-0.2, -0.15) is 13.2 Å². The van der Waals surface area contributed by atoms with Crippen molar-refractivity contribution in [3.63, 3.8) is 0 Å². The first-order valence-corrected chi connectivity index (χ1v) is 7.67. The highest BCUT2D eigenvalue weighted by molar-refractivity contribution is 6.03. The molecule has 1 heterocycles. The van der Waals surface area contributed by atoms with Crippen LogP contribution in [0.5, 0.6) is 0 Å². The lowest BCUT2D eigenvalue weighted by Gasteiger charge is -2.13. The second kappa shape index (κ2) is 7.40. The lowest BCUT2D eigenvalue weighted by molar-refractivity contribution is -0.136. The summed E-state index contributed by atoms with van der Waals surface area (Å²) in [5, 5.41) is 12.3. The minimum absolute atomic E-state index is 0.170. The van der Waals surface area contributed by atoms with Crippen LogP contribution in [-0.4, -0.2) is 16.1 Å². The molecule has 0 atom stereocenters. The minimum Gasteiger partial charge on any atom is -0.336 e. The third-order valence-electron chi connectivity index (χ3n) is 3.51. The van der Waals surface area contributed by atoms with E-state index in [0.29, 0.717) is 0 Å². The number of nitrogens with one attached hydrogen (secondary N) is 2. The number of amides is 1. The first kappa shape index (κ1) is 18.3. The number of halogens is 4. The fraction of sp³-hybridized carbons (Fsp3) is 0.0556. The number of rotatable bonds is 4. The quantitative estimate of drug-likeness (QED) is 0.652. The van der Waals surface area contributed by atoms with Gasteiger partial charge in [0.15, 0.2) is 11.5 Å². The lowest BCUT2D eigenvalue weighted by Crippen LogP contribution is -2.18. The van der Waals surface area contributed by atoms with Crippen molar-refractivity contribution in [2.24, 2.45) is 0 Å². The fourth-order valence-corrected chi connectivity index (χ4v) is 2.25. The highest BCUT2D eigenvalue weighted by atomic mass is 19.4. The molecule has 0 fully saturated rings. The fourth-order valence-electron chi connectivity index (χ4n) is 2.25. The van der Waals surface area contributed by atoms with Gasteiger partial charge in [-0.1, -0.05) is 24.3 Å². The molecule has 2 N–H and O–H groups in total. The highest BCUT2D eigenvalue weighted by Gasteiger charge is 2.33. The van der Waals surface area contributed by atoms with E-state index in [-0.39, 0.29) is 22.9 Å². The van der Waals surface area contributed by atoms with Crippen molar-refractivity contribution in [1.82, 2.24) is 10.2 Å². The summed E-state index contributed by atoms with van der Waals surface area (Å²) in [4.78, 5) is 12.2. The third-order valence-corrected chi connectivity index (χ3v) is 3.51. The first-order valence-electron chi connectivity index (χ1n) is 7.67. The van der Waals surface area contributed by atoms with Crippen molar-refractivity contribution in [3.05, 3.63) is 77.7 Å². The Balaban J connectivity index is 1.75. The molecule has 0 spiro atoms. The Morgan fingerprint density at radius 1 is 0.852 bits per heavy atom. The number of carbonyl (C=O) groups is 1. The van der Waals surface area contributed by atoms with Crippen LogP contribution < -0.4 is 10.6 Å². The first-order chi connectivity index (χ1) is 12.8. The molecule has 0 radical (unpaired) electrons. The Morgan fingerprint density at radius 2 is 1.52 bits per heavy atom. The van der Waals surface area contributed by atoms with Gasteiger partial charge in [0, 0.05) is 0 Å².